The molecule has 1 aromatic carbocycles. The number of hydrogen-bond donors (Lipinski definition) is 1. The van der Waals surface area contributed by atoms with Crippen molar-refractivity contribution in [2.45, 2.75) is 46.2 Å². The van der Waals surface area contributed by atoms with Crippen molar-refractivity contribution in [3.63, 3.8) is 0 Å². The highest BCUT2D eigenvalue weighted by Crippen LogP contribution is 2.43. The van der Waals surface area contributed by atoms with Gasteiger partial charge in [0.25, 0.3) is 0 Å². The van der Waals surface area contributed by atoms with Gasteiger partial charge in [0.05, 0.1) is 18.8 Å². The first-order valence-corrected chi connectivity index (χ1v) is 7.68. The Bertz CT molecular complexity index is 618. The van der Waals surface area contributed by atoms with Gasteiger partial charge in [0.2, 0.25) is 0 Å². The van der Waals surface area contributed by atoms with Gasteiger partial charge in [-0.3, -0.25) is 0 Å². The summed E-state index contributed by atoms with van der Waals surface area (Å²) in [6, 6.07) is 0.693. The number of carbonyl (C=O) groups excluding carboxylic acids is 2. The molecule has 0 aliphatic heterocycles. The van der Waals surface area contributed by atoms with E-state index in [0.29, 0.717) is 6.07 Å². The van der Waals surface area contributed by atoms with Crippen molar-refractivity contribution < 1.29 is 37.3 Å². The number of rotatable bonds is 4. The molecule has 1 aromatic rings. The fourth-order valence-corrected chi connectivity index (χ4v) is 2.30. The molecule has 1 rings (SSSR count). The van der Waals surface area contributed by atoms with Crippen molar-refractivity contribution in [1.82, 2.24) is 0 Å². The summed E-state index contributed by atoms with van der Waals surface area (Å²) in [5, 5.41) is 10.4. The van der Waals surface area contributed by atoms with Gasteiger partial charge in [-0.1, -0.05) is 20.8 Å². The van der Waals surface area contributed by atoms with Gasteiger partial charge in [0.15, 0.2) is 0 Å². The van der Waals surface area contributed by atoms with Gasteiger partial charge in [-0.05, 0) is 30.9 Å². The largest absolute Gasteiger partial charge is 0.506 e. The third-order valence-corrected chi connectivity index (χ3v) is 3.37. The maximum absolute atomic E-state index is 13.4. The Kier molecular flexibility index (Phi) is 6.09. The number of carbonyl (C=O) groups is 2. The van der Waals surface area contributed by atoms with E-state index in [-0.39, 0.29) is 18.8 Å². The van der Waals surface area contributed by atoms with Crippen LogP contribution in [-0.4, -0.2) is 30.3 Å². The number of halogens is 3. The zero-order valence-corrected chi connectivity index (χ0v) is 14.7. The predicted molar refractivity (Wildman–Crippen MR) is 83.7 cm³/mol. The third-order valence-electron chi connectivity index (χ3n) is 3.37. The minimum atomic E-state index is -4.92. The highest BCUT2D eigenvalue weighted by atomic mass is 19.4. The Morgan fingerprint density at radius 3 is 1.68 bits per heavy atom. The second-order valence-electron chi connectivity index (χ2n) is 6.26. The van der Waals surface area contributed by atoms with Crippen molar-refractivity contribution in [2.24, 2.45) is 0 Å². The lowest BCUT2D eigenvalue weighted by atomic mass is 9.81. The normalized spacial score (nSPS) is 12.0. The second-order valence-corrected chi connectivity index (χ2v) is 6.26. The van der Waals surface area contributed by atoms with Crippen molar-refractivity contribution in [1.29, 1.82) is 0 Å². The molecule has 0 amide bonds. The minimum Gasteiger partial charge on any atom is -0.506 e. The Balaban J connectivity index is 3.92. The van der Waals surface area contributed by atoms with Crippen LogP contribution in [-0.2, 0) is 21.1 Å². The molecule has 0 unspecified atom stereocenters. The summed E-state index contributed by atoms with van der Waals surface area (Å²) in [7, 11) is 0. The van der Waals surface area contributed by atoms with Gasteiger partial charge in [-0.2, -0.15) is 13.2 Å². The summed E-state index contributed by atoms with van der Waals surface area (Å²) < 4.78 is 49.8. The molecule has 0 atom stereocenters. The first-order chi connectivity index (χ1) is 11.4. The van der Waals surface area contributed by atoms with Crippen LogP contribution in [0.15, 0.2) is 6.07 Å². The molecule has 5 nitrogen and oxygen atoms in total. The Hall–Kier alpha value is -2.25. The van der Waals surface area contributed by atoms with Crippen molar-refractivity contribution in [3.8, 4) is 5.75 Å². The van der Waals surface area contributed by atoms with E-state index in [4.69, 9.17) is 4.74 Å². The fourth-order valence-electron chi connectivity index (χ4n) is 2.30. The van der Waals surface area contributed by atoms with Crippen LogP contribution in [0.5, 0.6) is 5.75 Å². The summed E-state index contributed by atoms with van der Waals surface area (Å²) in [5.74, 6) is -3.46. The van der Waals surface area contributed by atoms with Gasteiger partial charge in [-0.25, -0.2) is 9.59 Å². The Morgan fingerprint density at radius 2 is 1.36 bits per heavy atom. The average Bonchev–Trinajstić information content (AvgIpc) is 2.44. The van der Waals surface area contributed by atoms with E-state index in [2.05, 4.69) is 4.74 Å². The molecule has 140 valence electrons. The first-order valence-electron chi connectivity index (χ1n) is 7.68. The predicted octanol–water partition coefficient (Wildman–Crippen LogP) is 4.06. The number of alkyl halides is 3. The number of ether oxygens (including phenoxy) is 2. The Morgan fingerprint density at radius 1 is 0.960 bits per heavy atom. The smallest absolute Gasteiger partial charge is 0.417 e. The highest BCUT2D eigenvalue weighted by Gasteiger charge is 2.42. The SMILES string of the molecule is CCOC(=O)c1c(C(C)(C)C)cc(C(F)(F)F)c(C(=O)OCC)c1O. The minimum absolute atomic E-state index is 0.0440. The molecular formula is C17H21F3O5. The zero-order valence-electron chi connectivity index (χ0n) is 14.7. The van der Waals surface area contributed by atoms with E-state index >= 15 is 0 Å². The van der Waals surface area contributed by atoms with Crippen LogP contribution >= 0.6 is 0 Å². The van der Waals surface area contributed by atoms with Crippen LogP contribution in [0.2, 0.25) is 0 Å². The second kappa shape index (κ2) is 7.33. The number of benzene rings is 1. The molecule has 0 aliphatic rings. The maximum atomic E-state index is 13.4. The molecule has 25 heavy (non-hydrogen) atoms. The number of phenolic OH excluding ortho intramolecular Hbond substituents is 1. The molecule has 0 aliphatic carbocycles. The van der Waals surface area contributed by atoms with Gasteiger partial charge < -0.3 is 14.6 Å². The quantitative estimate of drug-likeness (QED) is 0.818. The topological polar surface area (TPSA) is 72.8 Å². The van der Waals surface area contributed by atoms with Crippen LogP contribution < -0.4 is 0 Å². The summed E-state index contributed by atoms with van der Waals surface area (Å²) in [5.41, 5.74) is -3.92. The first kappa shape index (κ1) is 20.8. The maximum Gasteiger partial charge on any atom is 0.417 e. The number of esters is 2. The van der Waals surface area contributed by atoms with E-state index in [9.17, 15) is 27.9 Å². The van der Waals surface area contributed by atoms with E-state index in [1.807, 2.05) is 0 Å². The lowest BCUT2D eigenvalue weighted by Gasteiger charge is -2.26. The summed E-state index contributed by atoms with van der Waals surface area (Å²) in [6.07, 6.45) is -4.92. The summed E-state index contributed by atoms with van der Waals surface area (Å²) >= 11 is 0. The van der Waals surface area contributed by atoms with E-state index < -0.39 is 46.0 Å². The third kappa shape index (κ3) is 4.43. The van der Waals surface area contributed by atoms with Crippen LogP contribution in [0.4, 0.5) is 13.2 Å². The number of aromatic hydroxyl groups is 1. The van der Waals surface area contributed by atoms with Crippen molar-refractivity contribution >= 4 is 11.9 Å². The van der Waals surface area contributed by atoms with E-state index in [1.54, 1.807) is 20.8 Å². The standard InChI is InChI=1S/C17H21F3O5/c1-6-24-14(22)11-9(16(3,4)5)8-10(17(18,19)20)12(13(11)21)15(23)25-7-2/h8,21H,6-7H2,1-5H3. The molecule has 0 heterocycles. The summed E-state index contributed by atoms with van der Waals surface area (Å²) in [6.45, 7) is 7.43. The van der Waals surface area contributed by atoms with Crippen LogP contribution in [0, 0.1) is 0 Å². The van der Waals surface area contributed by atoms with Crippen LogP contribution in [0.3, 0.4) is 0 Å². The van der Waals surface area contributed by atoms with Crippen LogP contribution in [0.25, 0.3) is 0 Å². The fraction of sp³-hybridized carbons (Fsp3) is 0.529. The lowest BCUT2D eigenvalue weighted by molar-refractivity contribution is -0.138. The molecule has 1 N–H and O–H groups in total. The van der Waals surface area contributed by atoms with Crippen molar-refractivity contribution in [3.05, 3.63) is 28.3 Å². The lowest BCUT2D eigenvalue weighted by Crippen LogP contribution is -2.24. The van der Waals surface area contributed by atoms with Gasteiger partial charge in [0.1, 0.15) is 16.9 Å². The monoisotopic (exact) mass is 362 g/mol. The number of phenols is 1. The molecule has 0 spiro atoms. The molecule has 0 saturated carbocycles. The molecule has 0 fully saturated rings. The molecule has 0 bridgehead atoms. The Labute approximate surface area is 143 Å². The van der Waals surface area contributed by atoms with Gasteiger partial charge >= 0.3 is 18.1 Å². The highest BCUT2D eigenvalue weighted by molar-refractivity contribution is 6.02. The van der Waals surface area contributed by atoms with Gasteiger partial charge in [-0.15, -0.1) is 0 Å². The van der Waals surface area contributed by atoms with Crippen molar-refractivity contribution in [2.75, 3.05) is 13.2 Å². The molecule has 0 saturated heterocycles. The average molecular weight is 362 g/mol. The molecule has 8 heteroatoms. The van der Waals surface area contributed by atoms with E-state index in [1.165, 1.54) is 13.8 Å². The zero-order chi connectivity index (χ0) is 19.6. The molecule has 0 radical (unpaired) electrons. The van der Waals surface area contributed by atoms with E-state index in [0.717, 1.165) is 0 Å². The van der Waals surface area contributed by atoms with Gasteiger partial charge in [0, 0.05) is 0 Å². The number of hydrogen-bond acceptors (Lipinski definition) is 5. The summed E-state index contributed by atoms with van der Waals surface area (Å²) in [4.78, 5) is 24.2. The molecule has 0 aromatic heterocycles. The molecular weight excluding hydrogens is 341 g/mol. The van der Waals surface area contributed by atoms with Crippen LogP contribution in [0.1, 0.15) is 66.5 Å².